The van der Waals surface area contributed by atoms with Gasteiger partial charge in [0.2, 0.25) is 5.24 Å². The molecule has 0 aromatic heterocycles. The molecule has 2 aliphatic rings. The first-order valence-electron chi connectivity index (χ1n) is 16.7. The van der Waals surface area contributed by atoms with Gasteiger partial charge in [0.25, 0.3) is 0 Å². The number of rotatable bonds is 3. The van der Waals surface area contributed by atoms with Gasteiger partial charge in [0.05, 0.1) is 26.3 Å². The molecule has 4 rings (SSSR count). The zero-order valence-electron chi connectivity index (χ0n) is 32.7. The van der Waals surface area contributed by atoms with Crippen LogP contribution in [-0.2, 0) is 33.4 Å². The molecule has 1 N–H and O–H groups in total. The van der Waals surface area contributed by atoms with Gasteiger partial charge in [0.15, 0.2) is 0 Å². The number of hydrogen-bond donors (Lipinski definition) is 1. The van der Waals surface area contributed by atoms with Crippen molar-refractivity contribution in [2.45, 2.75) is 108 Å². The smallest absolute Gasteiger partial charge is 0.342 e. The van der Waals surface area contributed by atoms with Crippen LogP contribution in [0.15, 0.2) is 47.9 Å². The van der Waals surface area contributed by atoms with E-state index in [0.29, 0.717) is 26.2 Å². The van der Waals surface area contributed by atoms with Crippen molar-refractivity contribution >= 4 is 92.3 Å². The van der Waals surface area contributed by atoms with Crippen LogP contribution in [0.3, 0.4) is 0 Å². The molecule has 2 aliphatic heterocycles. The Hall–Kier alpha value is -2.75. The number of cyclic esters (lactones) is 2. The van der Waals surface area contributed by atoms with Crippen molar-refractivity contribution in [3.63, 3.8) is 0 Å². The maximum absolute atomic E-state index is 12.8. The van der Waals surface area contributed by atoms with Crippen molar-refractivity contribution in [2.24, 2.45) is 21.7 Å². The summed E-state index contributed by atoms with van der Waals surface area (Å²) in [7, 11) is 0. The van der Waals surface area contributed by atoms with E-state index in [0.717, 1.165) is 0 Å². The molecule has 0 spiro atoms. The van der Waals surface area contributed by atoms with Gasteiger partial charge >= 0.3 is 17.9 Å². The molecule has 8 nitrogen and oxygen atoms in total. The third-order valence-electron chi connectivity index (χ3n) is 9.54. The van der Waals surface area contributed by atoms with E-state index in [1.54, 1.807) is 93.5 Å². The third kappa shape index (κ3) is 10.3. The molecule has 2 aromatic carbocycles. The number of aliphatic hydroxyl groups is 1. The van der Waals surface area contributed by atoms with Crippen molar-refractivity contribution in [1.82, 2.24) is 0 Å². The number of aliphatic hydroxyl groups excluding tert-OH is 1. The van der Waals surface area contributed by atoms with Crippen LogP contribution in [0.5, 0.6) is 0 Å². The second-order valence-corrected chi connectivity index (χ2v) is 18.9. The molecule has 53 heavy (non-hydrogen) atoms. The molecular formula is C40H49Cl5O8. The Labute approximate surface area is 338 Å². The van der Waals surface area contributed by atoms with E-state index in [1.165, 1.54) is 12.1 Å². The number of esters is 3. The average molecular weight is 835 g/mol. The van der Waals surface area contributed by atoms with Gasteiger partial charge in [-0.25, -0.2) is 9.59 Å². The van der Waals surface area contributed by atoms with Crippen LogP contribution in [0.4, 0.5) is 0 Å². The fraction of sp³-hybridized carbons (Fsp3) is 0.500. The summed E-state index contributed by atoms with van der Waals surface area (Å²) in [5, 5.41) is 11.7. The molecule has 0 radical (unpaired) electrons. The minimum Gasteiger partial charge on any atom is -0.511 e. The Bertz CT molecular complexity index is 1850. The summed E-state index contributed by atoms with van der Waals surface area (Å²) in [6.45, 7) is 25.1. The summed E-state index contributed by atoms with van der Waals surface area (Å²) in [5.41, 5.74) is -3.20. The first-order chi connectivity index (χ1) is 23.7. The molecule has 0 saturated heterocycles. The van der Waals surface area contributed by atoms with Gasteiger partial charge in [0.1, 0.15) is 33.9 Å². The number of carbonyl (C=O) groups excluding carboxylic acids is 4. The molecule has 13 heteroatoms. The first kappa shape index (κ1) is 46.4. The summed E-state index contributed by atoms with van der Waals surface area (Å²) in [4.78, 5) is 47.9. The van der Waals surface area contributed by atoms with E-state index in [9.17, 15) is 24.3 Å². The van der Waals surface area contributed by atoms with Gasteiger partial charge in [-0.15, -0.1) is 0 Å². The lowest BCUT2D eigenvalue weighted by Crippen LogP contribution is -2.50. The van der Waals surface area contributed by atoms with E-state index >= 15 is 0 Å². The minimum atomic E-state index is -0.875. The summed E-state index contributed by atoms with van der Waals surface area (Å²) in [6, 6.07) is 9.53. The van der Waals surface area contributed by atoms with Gasteiger partial charge in [-0.1, -0.05) is 79.3 Å². The maximum atomic E-state index is 12.8. The minimum absolute atomic E-state index is 0.0250. The molecule has 2 heterocycles. The molecule has 292 valence electrons. The summed E-state index contributed by atoms with van der Waals surface area (Å²) in [5.74, 6) is -1.38. The summed E-state index contributed by atoms with van der Waals surface area (Å²) < 4.78 is 16.9. The highest BCUT2D eigenvalue weighted by molar-refractivity contribution is 6.64. The zero-order valence-corrected chi connectivity index (χ0v) is 36.4. The van der Waals surface area contributed by atoms with E-state index in [4.69, 9.17) is 72.2 Å². The van der Waals surface area contributed by atoms with Gasteiger partial charge in [-0.3, -0.25) is 9.59 Å². The van der Waals surface area contributed by atoms with Crippen LogP contribution in [0.25, 0.3) is 11.1 Å². The quantitative estimate of drug-likeness (QED) is 0.185. The van der Waals surface area contributed by atoms with Crippen molar-refractivity contribution in [3.05, 3.63) is 79.1 Å². The number of hydrogen-bond acceptors (Lipinski definition) is 8. The Morgan fingerprint density at radius 3 is 1.36 bits per heavy atom. The molecule has 0 aliphatic carbocycles. The Kier molecular flexibility index (Phi) is 14.1. The highest BCUT2D eigenvalue weighted by Gasteiger charge is 2.53. The van der Waals surface area contributed by atoms with Crippen molar-refractivity contribution in [3.8, 4) is 0 Å². The van der Waals surface area contributed by atoms with Crippen LogP contribution in [0.1, 0.15) is 108 Å². The molecule has 0 saturated carbocycles. The largest absolute Gasteiger partial charge is 0.511 e. The normalized spacial score (nSPS) is 18.8. The highest BCUT2D eigenvalue weighted by Crippen LogP contribution is 2.50. The monoisotopic (exact) mass is 832 g/mol. The first-order valence-corrected chi connectivity index (χ1v) is 18.6. The predicted octanol–water partition coefficient (Wildman–Crippen LogP) is 12.1. The van der Waals surface area contributed by atoms with Gasteiger partial charge in [-0.2, -0.15) is 0 Å². The lowest BCUT2D eigenvalue weighted by Gasteiger charge is -2.46. The molecule has 0 unspecified atom stereocenters. The highest BCUT2D eigenvalue weighted by atomic mass is 35.5. The Morgan fingerprint density at radius 2 is 1.00 bits per heavy atom. The van der Waals surface area contributed by atoms with E-state index < -0.39 is 45.4 Å². The lowest BCUT2D eigenvalue weighted by atomic mass is 9.71. The second-order valence-electron chi connectivity index (χ2n) is 16.9. The van der Waals surface area contributed by atoms with E-state index in [-0.39, 0.29) is 38.3 Å². The van der Waals surface area contributed by atoms with Gasteiger partial charge < -0.3 is 19.3 Å². The van der Waals surface area contributed by atoms with Crippen LogP contribution in [-0.4, -0.2) is 39.5 Å². The molecular weight excluding hydrogens is 786 g/mol. The van der Waals surface area contributed by atoms with Gasteiger partial charge in [-0.05, 0) is 112 Å². The Balaban J connectivity index is 0.000000318. The predicted molar refractivity (Wildman–Crippen MR) is 213 cm³/mol. The molecule has 0 fully saturated rings. The lowest BCUT2D eigenvalue weighted by molar-refractivity contribution is -0.170. The van der Waals surface area contributed by atoms with Crippen molar-refractivity contribution in [2.75, 3.05) is 0 Å². The molecule has 0 amide bonds. The third-order valence-corrected chi connectivity index (χ3v) is 11.2. The standard InChI is InChI=1S/C20H24Cl2O4.C15H16Cl2O3.C5H9ClO/c1-18(2,3)17(24)25-15-14(12-9-8-11(21)10-13(12)22)16(23)26-20(6,7)19(15,4)5;1-14(2)12(18)11(13(19)20-15(14,3)4)9-6-5-8(16)7-10(9)17;1-5(2,3)4(6)7/h8-10H,1-7H3;5-7,18H,1-4H3;1-3H3. The van der Waals surface area contributed by atoms with Crippen LogP contribution < -0.4 is 0 Å². The fourth-order valence-electron chi connectivity index (χ4n) is 4.47. The number of ether oxygens (including phenoxy) is 3. The van der Waals surface area contributed by atoms with E-state index in [2.05, 4.69) is 0 Å². The van der Waals surface area contributed by atoms with E-state index in [1.807, 2.05) is 27.7 Å². The number of halogens is 5. The van der Waals surface area contributed by atoms with Crippen LogP contribution >= 0.6 is 58.0 Å². The van der Waals surface area contributed by atoms with Crippen LogP contribution in [0, 0.1) is 21.7 Å². The maximum Gasteiger partial charge on any atom is 0.342 e. The van der Waals surface area contributed by atoms with Gasteiger partial charge in [0, 0.05) is 26.6 Å². The summed E-state index contributed by atoms with van der Waals surface area (Å²) in [6.07, 6.45) is 0. The topological polar surface area (TPSA) is 116 Å². The number of carbonyl (C=O) groups is 4. The fourth-order valence-corrected chi connectivity index (χ4v) is 5.48. The van der Waals surface area contributed by atoms with Crippen molar-refractivity contribution in [1.29, 1.82) is 0 Å². The summed E-state index contributed by atoms with van der Waals surface area (Å²) >= 11 is 29.4. The Morgan fingerprint density at radius 1 is 0.642 bits per heavy atom. The molecule has 2 aromatic rings. The van der Waals surface area contributed by atoms with Crippen molar-refractivity contribution < 1.29 is 38.5 Å². The van der Waals surface area contributed by atoms with Crippen LogP contribution in [0.2, 0.25) is 20.1 Å². The second kappa shape index (κ2) is 16.2. The zero-order chi connectivity index (χ0) is 41.4. The SMILES string of the molecule is CC(C)(C)C(=O)Cl.CC(C)(C)C(=O)OC1=C(c2ccc(Cl)cc2Cl)C(=O)OC(C)(C)C1(C)C.CC1(C)OC(=O)C(c2ccc(Cl)cc2Cl)=C(O)C1(C)C. The molecule has 0 atom stereocenters. The molecule has 0 bridgehead atoms. The number of benzene rings is 2. The average Bonchev–Trinajstić information content (AvgIpc) is 2.96.